The number of hydrogen-bond acceptors (Lipinski definition) is 4. The van der Waals surface area contributed by atoms with Gasteiger partial charge in [-0.15, -0.1) is 0 Å². The first-order valence-electron chi connectivity index (χ1n) is 6.79. The zero-order chi connectivity index (χ0) is 15.3. The van der Waals surface area contributed by atoms with E-state index in [9.17, 15) is 8.42 Å². The Bertz CT molecular complexity index is 679. The van der Waals surface area contributed by atoms with E-state index in [0.29, 0.717) is 24.4 Å². The van der Waals surface area contributed by atoms with Gasteiger partial charge in [-0.05, 0) is 43.3 Å². The maximum Gasteiger partial charge on any atom is 0.240 e. The molecule has 6 heteroatoms. The van der Waals surface area contributed by atoms with Crippen LogP contribution >= 0.6 is 0 Å². The molecule has 2 aromatic rings. The number of rotatable bonds is 7. The van der Waals surface area contributed by atoms with Crippen molar-refractivity contribution in [3.63, 3.8) is 0 Å². The fourth-order valence-corrected chi connectivity index (χ4v) is 3.49. The molecule has 21 heavy (non-hydrogen) atoms. The average molecular weight is 308 g/mol. The maximum atomic E-state index is 12.4. The van der Waals surface area contributed by atoms with E-state index in [1.165, 1.54) is 0 Å². The Morgan fingerprint density at radius 2 is 2.00 bits per heavy atom. The van der Waals surface area contributed by atoms with Gasteiger partial charge in [0.2, 0.25) is 10.0 Å². The van der Waals surface area contributed by atoms with E-state index in [0.717, 1.165) is 16.9 Å². The van der Waals surface area contributed by atoms with Crippen molar-refractivity contribution >= 4 is 10.0 Å². The molecular weight excluding hydrogens is 288 g/mol. The van der Waals surface area contributed by atoms with Gasteiger partial charge in [0, 0.05) is 19.5 Å². The first-order chi connectivity index (χ1) is 10.0. The minimum atomic E-state index is -3.50. The molecule has 1 heterocycles. The summed E-state index contributed by atoms with van der Waals surface area (Å²) in [6.45, 7) is 2.78. The minimum absolute atomic E-state index is 0.311. The van der Waals surface area contributed by atoms with Gasteiger partial charge in [0.1, 0.15) is 5.76 Å². The van der Waals surface area contributed by atoms with Gasteiger partial charge in [-0.1, -0.05) is 12.1 Å². The van der Waals surface area contributed by atoms with E-state index in [4.69, 9.17) is 4.42 Å². The van der Waals surface area contributed by atoms with E-state index >= 15 is 0 Å². The molecule has 0 bridgehead atoms. The van der Waals surface area contributed by atoms with Gasteiger partial charge in [-0.3, -0.25) is 0 Å². The molecule has 0 radical (unpaired) electrons. The summed E-state index contributed by atoms with van der Waals surface area (Å²) >= 11 is 0. The third-order valence-electron chi connectivity index (χ3n) is 3.30. The van der Waals surface area contributed by atoms with Crippen LogP contribution in [-0.4, -0.2) is 22.0 Å². The number of furan rings is 1. The number of sulfonamides is 1. The van der Waals surface area contributed by atoms with Crippen molar-refractivity contribution in [3.8, 4) is 0 Å². The Morgan fingerprint density at radius 3 is 2.67 bits per heavy atom. The molecule has 0 amide bonds. The summed E-state index contributed by atoms with van der Waals surface area (Å²) in [5.74, 6) is 0.762. The highest BCUT2D eigenvalue weighted by Crippen LogP contribution is 2.18. The normalized spacial score (nSPS) is 11.7. The zero-order valence-electron chi connectivity index (χ0n) is 12.2. The van der Waals surface area contributed by atoms with Gasteiger partial charge in [-0.25, -0.2) is 13.1 Å². The van der Waals surface area contributed by atoms with Crippen molar-refractivity contribution in [2.75, 3.05) is 13.6 Å². The summed E-state index contributed by atoms with van der Waals surface area (Å²) in [7, 11) is -1.67. The molecule has 0 fully saturated rings. The third kappa shape index (κ3) is 3.93. The molecule has 114 valence electrons. The molecular formula is C15H20N2O3S. The summed E-state index contributed by atoms with van der Waals surface area (Å²) in [4.78, 5) is 0.328. The van der Waals surface area contributed by atoms with Crippen LogP contribution in [0.5, 0.6) is 0 Å². The molecule has 1 aromatic heterocycles. The summed E-state index contributed by atoms with van der Waals surface area (Å²) in [5, 5.41) is 3.04. The molecule has 0 saturated heterocycles. The lowest BCUT2D eigenvalue weighted by atomic mass is 10.1. The number of benzene rings is 1. The van der Waals surface area contributed by atoms with Gasteiger partial charge in [0.15, 0.2) is 0 Å². The predicted molar refractivity (Wildman–Crippen MR) is 81.5 cm³/mol. The van der Waals surface area contributed by atoms with Gasteiger partial charge in [0.05, 0.1) is 11.2 Å². The highest BCUT2D eigenvalue weighted by Gasteiger charge is 2.17. The molecule has 0 aliphatic rings. The second-order valence-electron chi connectivity index (χ2n) is 4.80. The van der Waals surface area contributed by atoms with Crippen molar-refractivity contribution in [1.29, 1.82) is 0 Å². The quantitative estimate of drug-likeness (QED) is 0.818. The average Bonchev–Trinajstić information content (AvgIpc) is 2.94. The summed E-state index contributed by atoms with van der Waals surface area (Å²) in [5.41, 5.74) is 1.75. The van der Waals surface area contributed by atoms with Crippen molar-refractivity contribution in [3.05, 3.63) is 53.5 Å². The van der Waals surface area contributed by atoms with Crippen LogP contribution in [0, 0.1) is 6.92 Å². The molecule has 0 aliphatic carbocycles. The SMILES string of the molecule is CNCc1cccc(S(=O)(=O)NCCc2ccco2)c1C. The van der Waals surface area contributed by atoms with Crippen LogP contribution in [0.3, 0.4) is 0 Å². The van der Waals surface area contributed by atoms with Crippen molar-refractivity contribution < 1.29 is 12.8 Å². The van der Waals surface area contributed by atoms with E-state index in [1.807, 2.05) is 26.1 Å². The lowest BCUT2D eigenvalue weighted by Crippen LogP contribution is -2.27. The van der Waals surface area contributed by atoms with E-state index < -0.39 is 10.0 Å². The highest BCUT2D eigenvalue weighted by molar-refractivity contribution is 7.89. The largest absolute Gasteiger partial charge is 0.469 e. The fourth-order valence-electron chi connectivity index (χ4n) is 2.17. The fraction of sp³-hybridized carbons (Fsp3) is 0.333. The van der Waals surface area contributed by atoms with Gasteiger partial charge in [0.25, 0.3) is 0 Å². The van der Waals surface area contributed by atoms with Crippen LogP contribution in [0.15, 0.2) is 45.9 Å². The third-order valence-corrected chi connectivity index (χ3v) is 4.90. The van der Waals surface area contributed by atoms with Crippen LogP contribution in [0.2, 0.25) is 0 Å². The molecule has 0 unspecified atom stereocenters. The Labute approximate surface area is 125 Å². The lowest BCUT2D eigenvalue weighted by molar-refractivity contribution is 0.506. The Balaban J connectivity index is 2.10. The first kappa shape index (κ1) is 15.8. The number of hydrogen-bond donors (Lipinski definition) is 2. The van der Waals surface area contributed by atoms with Crippen LogP contribution in [0.1, 0.15) is 16.9 Å². The maximum absolute atomic E-state index is 12.4. The van der Waals surface area contributed by atoms with Crippen LogP contribution in [-0.2, 0) is 23.0 Å². The van der Waals surface area contributed by atoms with Crippen LogP contribution in [0.25, 0.3) is 0 Å². The summed E-state index contributed by atoms with van der Waals surface area (Å²) < 4.78 is 32.6. The summed E-state index contributed by atoms with van der Waals surface area (Å²) in [6, 6.07) is 8.93. The Hall–Kier alpha value is -1.63. The molecule has 0 atom stereocenters. The second-order valence-corrected chi connectivity index (χ2v) is 6.53. The number of nitrogens with one attached hydrogen (secondary N) is 2. The van der Waals surface area contributed by atoms with Gasteiger partial charge in [-0.2, -0.15) is 0 Å². The van der Waals surface area contributed by atoms with Crippen LogP contribution in [0.4, 0.5) is 0 Å². The Kier molecular flexibility index (Phi) is 5.17. The van der Waals surface area contributed by atoms with Gasteiger partial charge < -0.3 is 9.73 Å². The molecule has 0 aliphatic heterocycles. The topological polar surface area (TPSA) is 71.3 Å². The van der Waals surface area contributed by atoms with Crippen molar-refractivity contribution in [2.45, 2.75) is 24.8 Å². The minimum Gasteiger partial charge on any atom is -0.469 e. The molecule has 0 spiro atoms. The molecule has 2 N–H and O–H groups in total. The zero-order valence-corrected chi connectivity index (χ0v) is 13.0. The lowest BCUT2D eigenvalue weighted by Gasteiger charge is -2.12. The van der Waals surface area contributed by atoms with Crippen molar-refractivity contribution in [2.24, 2.45) is 0 Å². The standard InChI is InChI=1S/C15H20N2O3S/c1-12-13(11-16-2)5-3-7-15(12)21(18,19)17-9-8-14-6-4-10-20-14/h3-7,10,16-17H,8-9,11H2,1-2H3. The summed E-state index contributed by atoms with van der Waals surface area (Å²) in [6.07, 6.45) is 2.11. The van der Waals surface area contributed by atoms with Gasteiger partial charge >= 0.3 is 0 Å². The molecule has 1 aromatic carbocycles. The van der Waals surface area contributed by atoms with E-state index in [-0.39, 0.29) is 0 Å². The first-order valence-corrected chi connectivity index (χ1v) is 8.28. The van der Waals surface area contributed by atoms with Crippen molar-refractivity contribution in [1.82, 2.24) is 10.0 Å². The smallest absolute Gasteiger partial charge is 0.240 e. The van der Waals surface area contributed by atoms with E-state index in [1.54, 1.807) is 24.5 Å². The van der Waals surface area contributed by atoms with Crippen LogP contribution < -0.4 is 10.0 Å². The molecule has 5 nitrogen and oxygen atoms in total. The molecule has 2 rings (SSSR count). The molecule has 0 saturated carbocycles. The highest BCUT2D eigenvalue weighted by atomic mass is 32.2. The monoisotopic (exact) mass is 308 g/mol. The Morgan fingerprint density at radius 1 is 1.19 bits per heavy atom. The predicted octanol–water partition coefficient (Wildman–Crippen LogP) is 1.83. The van der Waals surface area contributed by atoms with E-state index in [2.05, 4.69) is 10.0 Å². The second kappa shape index (κ2) is 6.89.